The van der Waals surface area contributed by atoms with Gasteiger partial charge in [0.25, 0.3) is 0 Å². The summed E-state index contributed by atoms with van der Waals surface area (Å²) < 4.78 is 15.6. The average Bonchev–Trinajstić information content (AvgIpc) is 3.45. The normalized spacial score (nSPS) is 27.8. The number of amides is 4. The van der Waals surface area contributed by atoms with E-state index in [-0.39, 0.29) is 46.3 Å². The lowest BCUT2D eigenvalue weighted by molar-refractivity contribution is -0.154. The maximum Gasteiger partial charge on any atom is 0.408 e. The standard InChI is InChI=1S/C20H34N2O5.C19H32N2O5/c1-18(2,3)14(21-17(25)27-19(4,5)6)15(23)22-10-11-12(20(11,7)8)13(22)16(24)26-9;1-17(2,3)13(20-16(25)26-18(4,5)6)14(22)21-9-10-11(19(10,7)8)12(21)15(23)24/h11-14H,10H2,1-9H3,(H,21,25);10-13H,9H2,1-8H3,(H,20,25)(H,23,24)/t11?,12?,13-,14+;10?,11?,12-,13+/m00/s1. The van der Waals surface area contributed by atoms with Crippen molar-refractivity contribution in [1.82, 2.24) is 20.4 Å². The van der Waals surface area contributed by atoms with Gasteiger partial charge >= 0.3 is 24.1 Å². The Morgan fingerprint density at radius 1 is 0.623 bits per heavy atom. The van der Waals surface area contributed by atoms with Crippen molar-refractivity contribution in [3.8, 4) is 0 Å². The van der Waals surface area contributed by atoms with Crippen molar-refractivity contribution in [1.29, 1.82) is 0 Å². The fraction of sp³-hybridized carbons (Fsp3) is 0.846. The molecule has 3 N–H and O–H groups in total. The van der Waals surface area contributed by atoms with Crippen LogP contribution in [0.2, 0.25) is 0 Å². The number of carbonyl (C=O) groups excluding carboxylic acids is 5. The molecule has 4 aliphatic rings. The smallest absolute Gasteiger partial charge is 0.408 e. The number of alkyl carbamates (subject to hydrolysis) is 2. The molecule has 2 saturated carbocycles. The topological polar surface area (TPSA) is 181 Å². The lowest BCUT2D eigenvalue weighted by atomic mass is 9.85. The number of hydrogen-bond donors (Lipinski definition) is 3. The molecule has 302 valence electrons. The number of nitrogens with zero attached hydrogens (tertiary/aromatic N) is 2. The highest BCUT2D eigenvalue weighted by atomic mass is 16.6. The molecule has 53 heavy (non-hydrogen) atoms. The lowest BCUT2D eigenvalue weighted by Gasteiger charge is -2.37. The van der Waals surface area contributed by atoms with Crippen molar-refractivity contribution >= 4 is 35.9 Å². The number of carboxylic acids is 1. The molecule has 14 nitrogen and oxygen atoms in total. The fourth-order valence-corrected chi connectivity index (χ4v) is 8.18. The Morgan fingerprint density at radius 2 is 0.943 bits per heavy atom. The summed E-state index contributed by atoms with van der Waals surface area (Å²) in [5, 5.41) is 15.0. The number of esters is 1. The Labute approximate surface area is 315 Å². The molecule has 0 spiro atoms. The minimum absolute atomic E-state index is 0.0193. The van der Waals surface area contributed by atoms with Crippen LogP contribution in [0.25, 0.3) is 0 Å². The number of aliphatic carboxylic acids is 1. The van der Waals surface area contributed by atoms with Gasteiger partial charge in [0.05, 0.1) is 7.11 Å². The van der Waals surface area contributed by atoms with Gasteiger partial charge in [0.2, 0.25) is 11.8 Å². The van der Waals surface area contributed by atoms with Crippen LogP contribution in [0.5, 0.6) is 0 Å². The van der Waals surface area contributed by atoms with Crippen molar-refractivity contribution < 1.29 is 48.1 Å². The van der Waals surface area contributed by atoms with Crippen LogP contribution in [0, 0.1) is 45.3 Å². The summed E-state index contributed by atoms with van der Waals surface area (Å²) in [5.74, 6) is -1.50. The molecule has 14 heteroatoms. The highest BCUT2D eigenvalue weighted by Crippen LogP contribution is 2.66. The molecule has 2 aliphatic heterocycles. The minimum atomic E-state index is -0.985. The predicted molar refractivity (Wildman–Crippen MR) is 197 cm³/mol. The number of methoxy groups -OCH3 is 1. The molecule has 0 aromatic carbocycles. The lowest BCUT2D eigenvalue weighted by Crippen LogP contribution is -2.58. The number of piperidine rings is 2. The first kappa shape index (κ1) is 43.8. The number of nitrogens with one attached hydrogen (secondary N) is 2. The first-order valence-electron chi connectivity index (χ1n) is 18.6. The Hall–Kier alpha value is -3.58. The highest BCUT2D eigenvalue weighted by molar-refractivity contribution is 5.92. The molecule has 0 radical (unpaired) electrons. The third kappa shape index (κ3) is 9.57. The fourth-order valence-electron chi connectivity index (χ4n) is 8.18. The summed E-state index contributed by atoms with van der Waals surface area (Å²) in [6.45, 7) is 30.9. The molecule has 4 rings (SSSR count). The average molecular weight is 751 g/mol. The molecule has 2 heterocycles. The zero-order valence-corrected chi connectivity index (χ0v) is 35.0. The van der Waals surface area contributed by atoms with Crippen LogP contribution in [0.1, 0.15) is 111 Å². The van der Waals surface area contributed by atoms with Crippen LogP contribution in [0.15, 0.2) is 0 Å². The molecule has 2 saturated heterocycles. The van der Waals surface area contributed by atoms with Gasteiger partial charge in [0.1, 0.15) is 35.4 Å². The van der Waals surface area contributed by atoms with Crippen LogP contribution in [-0.2, 0) is 33.4 Å². The Bertz CT molecular complexity index is 1460. The van der Waals surface area contributed by atoms with Crippen LogP contribution in [0.4, 0.5) is 9.59 Å². The van der Waals surface area contributed by atoms with Crippen molar-refractivity contribution in [3.63, 3.8) is 0 Å². The van der Waals surface area contributed by atoms with E-state index in [2.05, 4.69) is 24.5 Å². The summed E-state index contributed by atoms with van der Waals surface area (Å²) in [6, 6.07) is -3.11. The maximum absolute atomic E-state index is 13.3. The second kappa shape index (κ2) is 14.2. The van der Waals surface area contributed by atoms with Crippen LogP contribution in [0.3, 0.4) is 0 Å². The van der Waals surface area contributed by atoms with Crippen LogP contribution in [-0.4, -0.2) is 106 Å². The van der Waals surface area contributed by atoms with E-state index in [0.29, 0.717) is 13.1 Å². The molecular weight excluding hydrogens is 684 g/mol. The number of carboxylic acid groups (broad SMARTS) is 1. The van der Waals surface area contributed by atoms with Crippen molar-refractivity contribution in [2.24, 2.45) is 45.3 Å². The summed E-state index contributed by atoms with van der Waals surface area (Å²) in [5.41, 5.74) is -2.51. The van der Waals surface area contributed by atoms with Gasteiger partial charge in [-0.1, -0.05) is 69.2 Å². The van der Waals surface area contributed by atoms with E-state index < -0.39 is 70.3 Å². The van der Waals surface area contributed by atoms with Crippen molar-refractivity contribution in [2.75, 3.05) is 20.2 Å². The number of carbonyl (C=O) groups is 6. The molecule has 4 fully saturated rings. The van der Waals surface area contributed by atoms with E-state index >= 15 is 0 Å². The van der Waals surface area contributed by atoms with E-state index in [1.807, 2.05) is 55.4 Å². The van der Waals surface area contributed by atoms with Crippen molar-refractivity contribution in [3.05, 3.63) is 0 Å². The van der Waals surface area contributed by atoms with E-state index in [0.717, 1.165) is 0 Å². The van der Waals surface area contributed by atoms with Gasteiger partial charge < -0.3 is 39.8 Å². The second-order valence-electron chi connectivity index (χ2n) is 20.5. The summed E-state index contributed by atoms with van der Waals surface area (Å²) in [4.78, 5) is 78.3. The first-order valence-corrected chi connectivity index (χ1v) is 18.6. The minimum Gasteiger partial charge on any atom is -0.480 e. The van der Waals surface area contributed by atoms with Gasteiger partial charge in [-0.15, -0.1) is 0 Å². The molecule has 0 aromatic heterocycles. The molecule has 2 aliphatic carbocycles. The number of ether oxygens (including phenoxy) is 3. The molecule has 4 unspecified atom stereocenters. The Balaban J connectivity index is 0.000000286. The third-order valence-corrected chi connectivity index (χ3v) is 11.2. The summed E-state index contributed by atoms with van der Waals surface area (Å²) in [6.07, 6.45) is -1.32. The van der Waals surface area contributed by atoms with Gasteiger partial charge in [0, 0.05) is 24.9 Å². The molecule has 8 atom stereocenters. The van der Waals surface area contributed by atoms with Gasteiger partial charge in [-0.25, -0.2) is 19.2 Å². The molecule has 0 bridgehead atoms. The number of rotatable bonds is 6. The number of hydrogen-bond acceptors (Lipinski definition) is 9. The third-order valence-electron chi connectivity index (χ3n) is 11.2. The van der Waals surface area contributed by atoms with Crippen LogP contribution >= 0.6 is 0 Å². The largest absolute Gasteiger partial charge is 0.480 e. The quantitative estimate of drug-likeness (QED) is 0.245. The SMILES string of the molecule is CC(C)(C)OC(=O)N[C@H](C(=O)N1CC2C([C@H]1C(=O)O)C2(C)C)C(C)(C)C.COC(=O)[C@@H]1C2C(CN1C(=O)[C@@H](NC(=O)OC(C)(C)C)C(C)(C)C)C2(C)C. The van der Waals surface area contributed by atoms with Crippen LogP contribution < -0.4 is 10.6 Å². The first-order chi connectivity index (χ1) is 23.7. The predicted octanol–water partition coefficient (Wildman–Crippen LogP) is 5.08. The summed E-state index contributed by atoms with van der Waals surface area (Å²) in [7, 11) is 1.34. The Kier molecular flexibility index (Phi) is 11.8. The van der Waals surface area contributed by atoms with Gasteiger partial charge in [-0.3, -0.25) is 9.59 Å². The van der Waals surface area contributed by atoms with Gasteiger partial charge in [0.15, 0.2) is 0 Å². The zero-order valence-electron chi connectivity index (χ0n) is 35.0. The molecule has 4 amide bonds. The molecule has 0 aromatic rings. The van der Waals surface area contributed by atoms with E-state index in [9.17, 15) is 33.9 Å². The Morgan fingerprint density at radius 3 is 1.23 bits per heavy atom. The van der Waals surface area contributed by atoms with Crippen molar-refractivity contribution in [2.45, 2.75) is 146 Å². The maximum atomic E-state index is 13.3. The highest BCUT2D eigenvalue weighted by Gasteiger charge is 2.71. The second-order valence-corrected chi connectivity index (χ2v) is 20.5. The van der Waals surface area contributed by atoms with Gasteiger partial charge in [-0.05, 0) is 75.0 Å². The monoisotopic (exact) mass is 750 g/mol. The van der Waals surface area contributed by atoms with E-state index in [4.69, 9.17) is 14.2 Å². The number of fused-ring (bicyclic) bond motifs is 2. The van der Waals surface area contributed by atoms with E-state index in [1.54, 1.807) is 46.4 Å². The number of likely N-dealkylation sites (tertiary alicyclic amines) is 2. The molecular formula is C39H66N4O10. The summed E-state index contributed by atoms with van der Waals surface area (Å²) >= 11 is 0. The van der Waals surface area contributed by atoms with E-state index in [1.165, 1.54) is 12.0 Å². The van der Waals surface area contributed by atoms with Gasteiger partial charge in [-0.2, -0.15) is 0 Å². The zero-order chi connectivity index (χ0) is 41.2.